The van der Waals surface area contributed by atoms with Crippen molar-refractivity contribution in [2.75, 3.05) is 33.4 Å². The molecule has 0 aromatic heterocycles. The summed E-state index contributed by atoms with van der Waals surface area (Å²) in [5, 5.41) is 5.46. The van der Waals surface area contributed by atoms with Gasteiger partial charge in [-0.05, 0) is 5.92 Å². The lowest BCUT2D eigenvalue weighted by atomic mass is 10.2. The van der Waals surface area contributed by atoms with Gasteiger partial charge in [0.05, 0.1) is 13.0 Å². The third-order valence-corrected chi connectivity index (χ3v) is 1.91. The fourth-order valence-corrected chi connectivity index (χ4v) is 1.10. The third kappa shape index (κ3) is 15.7. The number of aliphatic imine (C=N–C) groups is 1. The van der Waals surface area contributed by atoms with Gasteiger partial charge in [0.15, 0.2) is 5.96 Å². The topological polar surface area (TPSA) is 45.7 Å². The zero-order valence-corrected chi connectivity index (χ0v) is 13.8. The van der Waals surface area contributed by atoms with E-state index in [-0.39, 0.29) is 30.5 Å². The van der Waals surface area contributed by atoms with E-state index in [9.17, 15) is 13.2 Å². The summed E-state index contributed by atoms with van der Waals surface area (Å²) in [6, 6.07) is 0. The fraction of sp³-hybridized carbons (Fsp3) is 0.909. The van der Waals surface area contributed by atoms with E-state index >= 15 is 0 Å². The van der Waals surface area contributed by atoms with Gasteiger partial charge in [0.1, 0.15) is 0 Å². The van der Waals surface area contributed by atoms with Gasteiger partial charge in [-0.3, -0.25) is 4.99 Å². The van der Waals surface area contributed by atoms with E-state index in [0.29, 0.717) is 31.6 Å². The second-order valence-corrected chi connectivity index (χ2v) is 4.26. The summed E-state index contributed by atoms with van der Waals surface area (Å²) in [5.74, 6) is 0.821. The molecule has 0 saturated carbocycles. The number of ether oxygens (including phenoxy) is 1. The fourth-order valence-electron chi connectivity index (χ4n) is 1.10. The summed E-state index contributed by atoms with van der Waals surface area (Å²) in [6.45, 7) is 5.59. The first-order valence-corrected chi connectivity index (χ1v) is 5.94. The molecule has 0 aliphatic heterocycles. The minimum absolute atomic E-state index is 0. The average molecular weight is 397 g/mol. The molecule has 0 unspecified atom stereocenters. The van der Waals surface area contributed by atoms with Crippen molar-refractivity contribution >= 4 is 29.9 Å². The maximum atomic E-state index is 11.9. The number of hydrogen-bond donors (Lipinski definition) is 2. The lowest BCUT2D eigenvalue weighted by Crippen LogP contribution is -2.40. The number of nitrogens with one attached hydrogen (secondary N) is 2. The molecule has 0 aliphatic carbocycles. The normalized spacial score (nSPS) is 12.3. The van der Waals surface area contributed by atoms with Crippen molar-refractivity contribution in [3.8, 4) is 0 Å². The van der Waals surface area contributed by atoms with E-state index in [4.69, 9.17) is 4.74 Å². The summed E-state index contributed by atoms with van der Waals surface area (Å²) in [7, 11) is 1.51. The summed E-state index contributed by atoms with van der Waals surface area (Å²) in [5.41, 5.74) is 0. The average Bonchev–Trinajstić information content (AvgIpc) is 2.24. The summed E-state index contributed by atoms with van der Waals surface area (Å²) >= 11 is 0. The molecule has 0 fully saturated rings. The Hall–Kier alpha value is -0.250. The minimum atomic E-state index is -4.15. The summed E-state index contributed by atoms with van der Waals surface area (Å²) in [4.78, 5) is 3.81. The Balaban J connectivity index is 0. The Labute approximate surface area is 129 Å². The van der Waals surface area contributed by atoms with Gasteiger partial charge in [-0.25, -0.2) is 0 Å². The molecule has 0 heterocycles. The van der Waals surface area contributed by atoms with Crippen LogP contribution in [0.25, 0.3) is 0 Å². The summed E-state index contributed by atoms with van der Waals surface area (Å²) in [6.07, 6.45) is -5.02. The Morgan fingerprint density at radius 3 is 2.26 bits per heavy atom. The molecule has 0 aromatic carbocycles. The zero-order chi connectivity index (χ0) is 14.0. The Bertz CT molecular complexity index is 248. The maximum absolute atomic E-state index is 11.9. The predicted octanol–water partition coefficient (Wildman–Crippen LogP) is 2.39. The standard InChI is InChI=1S/C11H22F3N3O.HI/c1-9(2)8-18-7-6-17-10(15-3)16-5-4-11(12,13)14;/h9H,4-8H2,1-3H3,(H2,15,16,17);1H. The van der Waals surface area contributed by atoms with Crippen molar-refractivity contribution < 1.29 is 17.9 Å². The van der Waals surface area contributed by atoms with Crippen LogP contribution >= 0.6 is 24.0 Å². The van der Waals surface area contributed by atoms with Crippen LogP contribution in [-0.4, -0.2) is 45.5 Å². The van der Waals surface area contributed by atoms with Gasteiger partial charge in [-0.1, -0.05) is 13.8 Å². The van der Waals surface area contributed by atoms with Crippen molar-refractivity contribution in [1.29, 1.82) is 0 Å². The molecule has 2 N–H and O–H groups in total. The van der Waals surface area contributed by atoms with E-state index in [1.165, 1.54) is 7.05 Å². The molecule has 19 heavy (non-hydrogen) atoms. The highest BCUT2D eigenvalue weighted by molar-refractivity contribution is 14.0. The van der Waals surface area contributed by atoms with Crippen LogP contribution in [0.2, 0.25) is 0 Å². The van der Waals surface area contributed by atoms with Crippen molar-refractivity contribution in [1.82, 2.24) is 10.6 Å². The van der Waals surface area contributed by atoms with Gasteiger partial charge < -0.3 is 15.4 Å². The SMILES string of the molecule is CN=C(NCCOCC(C)C)NCCC(F)(F)F.I. The van der Waals surface area contributed by atoms with Crippen LogP contribution in [0.5, 0.6) is 0 Å². The Morgan fingerprint density at radius 2 is 1.79 bits per heavy atom. The molecule has 0 amide bonds. The van der Waals surface area contributed by atoms with Crippen LogP contribution in [0.4, 0.5) is 13.2 Å². The molecule has 116 valence electrons. The molecule has 0 spiro atoms. The van der Waals surface area contributed by atoms with E-state index in [0.717, 1.165) is 0 Å². The molecule has 0 rings (SSSR count). The van der Waals surface area contributed by atoms with Crippen molar-refractivity contribution in [2.45, 2.75) is 26.4 Å². The van der Waals surface area contributed by atoms with E-state index in [1.54, 1.807) is 0 Å². The van der Waals surface area contributed by atoms with E-state index in [2.05, 4.69) is 15.6 Å². The molecule has 0 atom stereocenters. The van der Waals surface area contributed by atoms with E-state index in [1.807, 2.05) is 13.8 Å². The van der Waals surface area contributed by atoms with Gasteiger partial charge in [0.2, 0.25) is 0 Å². The largest absolute Gasteiger partial charge is 0.390 e. The Morgan fingerprint density at radius 1 is 1.21 bits per heavy atom. The molecular formula is C11H23F3IN3O. The second kappa shape index (κ2) is 11.6. The highest BCUT2D eigenvalue weighted by Crippen LogP contribution is 2.17. The quantitative estimate of drug-likeness (QED) is 0.300. The van der Waals surface area contributed by atoms with Crippen LogP contribution < -0.4 is 10.6 Å². The second-order valence-electron chi connectivity index (χ2n) is 4.26. The highest BCUT2D eigenvalue weighted by Gasteiger charge is 2.26. The highest BCUT2D eigenvalue weighted by atomic mass is 127. The van der Waals surface area contributed by atoms with Gasteiger partial charge in [-0.15, -0.1) is 24.0 Å². The lowest BCUT2D eigenvalue weighted by molar-refractivity contribution is -0.132. The number of hydrogen-bond acceptors (Lipinski definition) is 2. The number of guanidine groups is 1. The van der Waals surface area contributed by atoms with Crippen molar-refractivity contribution in [3.63, 3.8) is 0 Å². The number of halogens is 4. The third-order valence-electron chi connectivity index (χ3n) is 1.91. The molecule has 0 aromatic rings. The van der Waals surface area contributed by atoms with Gasteiger partial charge in [0, 0.05) is 26.7 Å². The van der Waals surface area contributed by atoms with Crippen molar-refractivity contribution in [3.05, 3.63) is 0 Å². The first-order chi connectivity index (χ1) is 8.35. The van der Waals surface area contributed by atoms with Gasteiger partial charge >= 0.3 is 6.18 Å². The van der Waals surface area contributed by atoms with Crippen molar-refractivity contribution in [2.24, 2.45) is 10.9 Å². The van der Waals surface area contributed by atoms with Crippen LogP contribution in [0.15, 0.2) is 4.99 Å². The van der Waals surface area contributed by atoms with Crippen LogP contribution in [0.3, 0.4) is 0 Å². The molecule has 4 nitrogen and oxygen atoms in total. The van der Waals surface area contributed by atoms with Gasteiger partial charge in [-0.2, -0.15) is 13.2 Å². The van der Waals surface area contributed by atoms with Gasteiger partial charge in [0.25, 0.3) is 0 Å². The molecule has 0 radical (unpaired) electrons. The number of rotatable bonds is 7. The van der Waals surface area contributed by atoms with Crippen LogP contribution in [0, 0.1) is 5.92 Å². The molecule has 0 bridgehead atoms. The summed E-state index contributed by atoms with van der Waals surface area (Å²) < 4.78 is 41.1. The maximum Gasteiger partial charge on any atom is 0.390 e. The number of nitrogens with zero attached hydrogens (tertiary/aromatic N) is 1. The molecule has 0 aliphatic rings. The predicted molar refractivity (Wildman–Crippen MR) is 81.1 cm³/mol. The first kappa shape index (κ1) is 21.1. The van der Waals surface area contributed by atoms with E-state index < -0.39 is 12.6 Å². The smallest absolute Gasteiger partial charge is 0.379 e. The molecular weight excluding hydrogens is 374 g/mol. The minimum Gasteiger partial charge on any atom is -0.379 e. The lowest BCUT2D eigenvalue weighted by Gasteiger charge is -2.13. The van der Waals surface area contributed by atoms with Crippen LogP contribution in [-0.2, 0) is 4.74 Å². The van der Waals surface area contributed by atoms with Crippen LogP contribution in [0.1, 0.15) is 20.3 Å². The molecule has 0 saturated heterocycles. The monoisotopic (exact) mass is 397 g/mol. The zero-order valence-electron chi connectivity index (χ0n) is 11.5. The first-order valence-electron chi connectivity index (χ1n) is 5.94. The number of alkyl halides is 3. The molecule has 8 heteroatoms. The Kier molecular flexibility index (Phi) is 12.8.